The molecule has 2 N–H and O–H groups in total. The molecule has 0 unspecified atom stereocenters. The van der Waals surface area contributed by atoms with E-state index in [4.69, 9.17) is 19.2 Å². The van der Waals surface area contributed by atoms with Crippen molar-refractivity contribution in [2.45, 2.75) is 37.6 Å². The summed E-state index contributed by atoms with van der Waals surface area (Å²) >= 11 is 1.19. The lowest BCUT2D eigenvalue weighted by Gasteiger charge is -2.27. The molecule has 3 aromatic carbocycles. The van der Waals surface area contributed by atoms with E-state index in [1.54, 1.807) is 25.3 Å². The summed E-state index contributed by atoms with van der Waals surface area (Å²) in [6.07, 6.45) is 0.365. The number of ether oxygens (including phenoxy) is 3. The van der Waals surface area contributed by atoms with Crippen molar-refractivity contribution in [3.63, 3.8) is 0 Å². The Morgan fingerprint density at radius 3 is 2.67 bits per heavy atom. The van der Waals surface area contributed by atoms with Crippen LogP contribution in [0, 0.1) is 0 Å². The van der Waals surface area contributed by atoms with Gasteiger partial charge in [-0.25, -0.2) is 9.89 Å². The second kappa shape index (κ2) is 12.2. The van der Waals surface area contributed by atoms with Crippen LogP contribution in [0.5, 0.6) is 17.2 Å². The van der Waals surface area contributed by atoms with Gasteiger partial charge in [0.25, 0.3) is 5.91 Å². The molecule has 0 bridgehead atoms. The first-order chi connectivity index (χ1) is 20.9. The Morgan fingerprint density at radius 1 is 1.09 bits per heavy atom. The predicted octanol–water partition coefficient (Wildman–Crippen LogP) is 4.24. The average molecular weight is 600 g/mol. The minimum Gasteiger partial charge on any atom is -0.497 e. The molecule has 43 heavy (non-hydrogen) atoms. The van der Waals surface area contributed by atoms with E-state index in [0.717, 1.165) is 11.3 Å². The number of nitrogens with one attached hydrogen (secondary N) is 2. The van der Waals surface area contributed by atoms with Crippen molar-refractivity contribution >= 4 is 51.9 Å². The third kappa shape index (κ3) is 5.91. The molecule has 0 aromatic heterocycles. The van der Waals surface area contributed by atoms with Gasteiger partial charge in [0, 0.05) is 23.9 Å². The van der Waals surface area contributed by atoms with Crippen molar-refractivity contribution in [3.05, 3.63) is 77.9 Å². The molecule has 3 aromatic rings. The predicted molar refractivity (Wildman–Crippen MR) is 163 cm³/mol. The number of hydrogen-bond acceptors (Lipinski definition) is 9. The molecule has 2 atom stereocenters. The number of carbonyl (C=O) groups excluding carboxylic acids is 3. The topological polar surface area (TPSA) is 131 Å². The van der Waals surface area contributed by atoms with Gasteiger partial charge in [-0.05, 0) is 48.4 Å². The number of aliphatic imine (C=N–C) groups is 2. The molecule has 3 aliphatic heterocycles. The highest BCUT2D eigenvalue weighted by atomic mass is 32.2. The monoisotopic (exact) mass is 599 g/mol. The molecule has 3 aliphatic rings. The van der Waals surface area contributed by atoms with Gasteiger partial charge in [0.15, 0.2) is 16.7 Å². The van der Waals surface area contributed by atoms with Crippen molar-refractivity contribution in [1.82, 2.24) is 10.2 Å². The number of para-hydroxylation sites is 1. The van der Waals surface area contributed by atoms with Gasteiger partial charge in [-0.15, -0.1) is 0 Å². The zero-order valence-corrected chi connectivity index (χ0v) is 24.3. The van der Waals surface area contributed by atoms with Crippen LogP contribution in [0.15, 0.2) is 76.7 Å². The van der Waals surface area contributed by atoms with Crippen LogP contribution in [0.25, 0.3) is 0 Å². The molecule has 220 valence electrons. The zero-order chi connectivity index (χ0) is 29.9. The number of fused-ring (bicyclic) bond motifs is 4. The van der Waals surface area contributed by atoms with Crippen LogP contribution in [-0.2, 0) is 20.9 Å². The van der Waals surface area contributed by atoms with Gasteiger partial charge < -0.3 is 24.8 Å². The van der Waals surface area contributed by atoms with E-state index in [1.165, 1.54) is 16.7 Å². The van der Waals surface area contributed by atoms with E-state index < -0.39 is 11.3 Å². The normalized spacial score (nSPS) is 16.9. The van der Waals surface area contributed by atoms with E-state index >= 15 is 0 Å². The van der Waals surface area contributed by atoms with Crippen molar-refractivity contribution in [2.24, 2.45) is 9.98 Å². The molecular formula is C31H29N5O6S. The quantitative estimate of drug-likeness (QED) is 0.376. The second-order valence-electron chi connectivity index (χ2n) is 9.95. The van der Waals surface area contributed by atoms with Gasteiger partial charge in [0.05, 0.1) is 24.5 Å². The van der Waals surface area contributed by atoms with Crippen molar-refractivity contribution < 1.29 is 28.6 Å². The second-order valence-corrected chi connectivity index (χ2v) is 11.1. The molecule has 11 nitrogen and oxygen atoms in total. The molecule has 0 saturated carbocycles. The molecule has 12 heteroatoms. The minimum atomic E-state index is -0.912. The zero-order valence-electron chi connectivity index (χ0n) is 23.5. The Labute approximate surface area is 252 Å². The molecule has 0 aliphatic carbocycles. The SMILES string of the molecule is CC[C@H](SC1=Nc2ccccc2C2=N[C@@H](CC(=O)NCc3ccc(OC)cc3)C(=O)N12)C(=O)Nc1ccc2c(c1)OCO2. The largest absolute Gasteiger partial charge is 0.497 e. The highest BCUT2D eigenvalue weighted by Gasteiger charge is 2.43. The molecule has 0 fully saturated rings. The molecule has 0 radical (unpaired) electrons. The van der Waals surface area contributed by atoms with Gasteiger partial charge in [-0.2, -0.15) is 0 Å². The van der Waals surface area contributed by atoms with Gasteiger partial charge in [-0.1, -0.05) is 43.0 Å². The average Bonchev–Trinajstić information content (AvgIpc) is 3.63. The summed E-state index contributed by atoms with van der Waals surface area (Å²) in [7, 11) is 1.59. The van der Waals surface area contributed by atoms with Gasteiger partial charge in [0.1, 0.15) is 17.6 Å². The maximum absolute atomic E-state index is 13.7. The number of amides is 3. The highest BCUT2D eigenvalue weighted by Crippen LogP contribution is 2.37. The lowest BCUT2D eigenvalue weighted by molar-refractivity contribution is -0.128. The lowest BCUT2D eigenvalue weighted by Crippen LogP contribution is -2.43. The first-order valence-electron chi connectivity index (χ1n) is 13.8. The van der Waals surface area contributed by atoms with Crippen molar-refractivity contribution in [3.8, 4) is 17.2 Å². The summed E-state index contributed by atoms with van der Waals surface area (Å²) in [6.45, 7) is 2.34. The summed E-state index contributed by atoms with van der Waals surface area (Å²) in [5.74, 6) is 1.44. The number of carbonyl (C=O) groups is 3. The number of nitrogens with zero attached hydrogens (tertiary/aromatic N) is 3. The van der Waals surface area contributed by atoms with Crippen LogP contribution >= 0.6 is 11.8 Å². The van der Waals surface area contributed by atoms with Crippen LogP contribution in [0.3, 0.4) is 0 Å². The van der Waals surface area contributed by atoms with E-state index in [-0.39, 0.29) is 30.9 Å². The number of thioether (sulfide) groups is 1. The van der Waals surface area contributed by atoms with E-state index in [0.29, 0.717) is 52.4 Å². The summed E-state index contributed by atoms with van der Waals surface area (Å²) in [5.41, 5.74) is 2.81. The molecule has 3 heterocycles. The first-order valence-corrected chi connectivity index (χ1v) is 14.7. The Bertz CT molecular complexity index is 1640. The first kappa shape index (κ1) is 28.3. The van der Waals surface area contributed by atoms with Crippen LogP contribution in [0.2, 0.25) is 0 Å². The maximum Gasteiger partial charge on any atom is 0.259 e. The Hall–Kier alpha value is -4.84. The number of methoxy groups -OCH3 is 1. The molecule has 3 amide bonds. The molecule has 6 rings (SSSR count). The minimum absolute atomic E-state index is 0.114. The number of amidine groups is 2. The smallest absolute Gasteiger partial charge is 0.259 e. The number of anilines is 1. The Balaban J connectivity index is 1.16. The van der Waals surface area contributed by atoms with Crippen molar-refractivity contribution in [1.29, 1.82) is 0 Å². The fraction of sp³-hybridized carbons (Fsp3) is 0.258. The van der Waals surface area contributed by atoms with Crippen molar-refractivity contribution in [2.75, 3.05) is 19.2 Å². The van der Waals surface area contributed by atoms with E-state index in [1.807, 2.05) is 55.5 Å². The third-order valence-electron chi connectivity index (χ3n) is 7.13. The molecule has 0 spiro atoms. The molecule has 0 saturated heterocycles. The molecular weight excluding hydrogens is 570 g/mol. The number of rotatable bonds is 9. The third-order valence-corrected chi connectivity index (χ3v) is 8.44. The Kier molecular flexibility index (Phi) is 8.01. The Morgan fingerprint density at radius 2 is 1.88 bits per heavy atom. The standard InChI is InChI=1S/C31H29N5O6S/c1-3-26(29(38)33-19-10-13-24-25(14-19)42-17-41-24)43-31-35-22-7-5-4-6-21(22)28-34-23(30(39)36(28)31)15-27(37)32-16-18-8-11-20(40-2)12-9-18/h4-14,23,26H,3,15-17H2,1-2H3,(H,32,37)(H,33,38)/t23-,26-/m0/s1. The van der Waals surface area contributed by atoms with Gasteiger partial charge in [0.2, 0.25) is 18.6 Å². The number of hydrogen-bond donors (Lipinski definition) is 2. The summed E-state index contributed by atoms with van der Waals surface area (Å²) in [4.78, 5) is 50.7. The summed E-state index contributed by atoms with van der Waals surface area (Å²) in [6, 6.07) is 19.0. The maximum atomic E-state index is 13.7. The summed E-state index contributed by atoms with van der Waals surface area (Å²) in [5, 5.41) is 5.58. The van der Waals surface area contributed by atoms with Crippen LogP contribution in [-0.4, -0.2) is 58.8 Å². The van der Waals surface area contributed by atoms with Crippen LogP contribution in [0.1, 0.15) is 30.9 Å². The van der Waals surface area contributed by atoms with Gasteiger partial charge in [-0.3, -0.25) is 19.4 Å². The van der Waals surface area contributed by atoms with Gasteiger partial charge >= 0.3 is 0 Å². The highest BCUT2D eigenvalue weighted by molar-refractivity contribution is 8.15. The number of benzene rings is 3. The van der Waals surface area contributed by atoms with Crippen LogP contribution < -0.4 is 24.8 Å². The van der Waals surface area contributed by atoms with E-state index in [2.05, 4.69) is 15.6 Å². The fourth-order valence-corrected chi connectivity index (χ4v) is 5.87. The fourth-order valence-electron chi connectivity index (χ4n) is 4.85. The summed E-state index contributed by atoms with van der Waals surface area (Å²) < 4.78 is 15.9. The lowest BCUT2D eigenvalue weighted by atomic mass is 10.1. The van der Waals surface area contributed by atoms with E-state index in [9.17, 15) is 14.4 Å². The van der Waals surface area contributed by atoms with Crippen LogP contribution in [0.4, 0.5) is 11.4 Å².